The Morgan fingerprint density at radius 1 is 1.13 bits per heavy atom. The van der Waals surface area contributed by atoms with Crippen LogP contribution < -0.4 is 5.32 Å². The predicted molar refractivity (Wildman–Crippen MR) is 89.3 cm³/mol. The van der Waals surface area contributed by atoms with Crippen molar-refractivity contribution in [1.82, 2.24) is 0 Å². The van der Waals surface area contributed by atoms with Crippen LogP contribution in [0.4, 0.5) is 5.69 Å². The summed E-state index contributed by atoms with van der Waals surface area (Å²) in [7, 11) is 0. The Morgan fingerprint density at radius 2 is 1.83 bits per heavy atom. The summed E-state index contributed by atoms with van der Waals surface area (Å²) >= 11 is 6.83. The number of benzene rings is 1. The van der Waals surface area contributed by atoms with Crippen LogP contribution in [0.15, 0.2) is 36.4 Å². The first-order valence-corrected chi connectivity index (χ1v) is 8.04. The summed E-state index contributed by atoms with van der Waals surface area (Å²) in [5.41, 5.74) is 1.01. The van der Waals surface area contributed by atoms with Crippen LogP contribution in [0.5, 0.6) is 0 Å². The number of nitrogens with one attached hydrogen (secondary N) is 1. The molecule has 0 bridgehead atoms. The van der Waals surface area contributed by atoms with E-state index in [1.807, 2.05) is 0 Å². The number of anilines is 1. The van der Waals surface area contributed by atoms with Gasteiger partial charge in [0.25, 0.3) is 0 Å². The molecule has 1 heterocycles. The molecule has 1 aromatic carbocycles. The summed E-state index contributed by atoms with van der Waals surface area (Å²) in [6.07, 6.45) is 0.378. The first kappa shape index (κ1) is 17.2. The standard InChI is InChI=1S/C16H14ClNO4S/c1-2-15(20)18-11-5-3-10(4-6-11)12(19)9-22-16(21)13-7-8-14(17)23-13/h3-8H,2,9H2,1H3,(H,18,20). The summed E-state index contributed by atoms with van der Waals surface area (Å²) in [5, 5.41) is 2.69. The summed E-state index contributed by atoms with van der Waals surface area (Å²) < 4.78 is 5.44. The van der Waals surface area contributed by atoms with Crippen LogP contribution in [0.1, 0.15) is 33.4 Å². The number of esters is 1. The van der Waals surface area contributed by atoms with E-state index in [0.29, 0.717) is 26.9 Å². The number of rotatable bonds is 6. The molecule has 0 unspecified atom stereocenters. The van der Waals surface area contributed by atoms with Crippen molar-refractivity contribution in [3.63, 3.8) is 0 Å². The van der Waals surface area contributed by atoms with Crippen molar-refractivity contribution < 1.29 is 19.1 Å². The predicted octanol–water partition coefficient (Wildman–Crippen LogP) is 3.79. The zero-order chi connectivity index (χ0) is 16.8. The van der Waals surface area contributed by atoms with Crippen LogP contribution in [-0.4, -0.2) is 24.3 Å². The smallest absolute Gasteiger partial charge is 0.348 e. The normalized spacial score (nSPS) is 10.2. The third kappa shape index (κ3) is 4.91. The molecule has 1 amide bonds. The van der Waals surface area contributed by atoms with Gasteiger partial charge in [-0.2, -0.15) is 0 Å². The van der Waals surface area contributed by atoms with Crippen molar-refractivity contribution in [2.75, 3.05) is 11.9 Å². The molecular formula is C16H14ClNO4S. The molecule has 7 heteroatoms. The summed E-state index contributed by atoms with van der Waals surface area (Å²) in [6, 6.07) is 9.54. The van der Waals surface area contributed by atoms with Gasteiger partial charge < -0.3 is 10.1 Å². The Hall–Kier alpha value is -2.18. The van der Waals surface area contributed by atoms with Gasteiger partial charge in [0.1, 0.15) is 4.88 Å². The second-order valence-corrected chi connectivity index (χ2v) is 6.30. The van der Waals surface area contributed by atoms with Crippen LogP contribution in [0, 0.1) is 0 Å². The number of ketones is 1. The number of ether oxygens (including phenoxy) is 1. The van der Waals surface area contributed by atoms with E-state index in [9.17, 15) is 14.4 Å². The molecular weight excluding hydrogens is 338 g/mol. The van der Waals surface area contributed by atoms with E-state index < -0.39 is 5.97 Å². The Bertz CT molecular complexity index is 724. The molecule has 0 saturated heterocycles. The van der Waals surface area contributed by atoms with Gasteiger partial charge in [0.15, 0.2) is 12.4 Å². The van der Waals surface area contributed by atoms with Crippen molar-refractivity contribution in [3.8, 4) is 0 Å². The quantitative estimate of drug-likeness (QED) is 0.634. The SMILES string of the molecule is CCC(=O)Nc1ccc(C(=O)COC(=O)c2ccc(Cl)s2)cc1. The Morgan fingerprint density at radius 3 is 2.39 bits per heavy atom. The number of hydrogen-bond donors (Lipinski definition) is 1. The van der Waals surface area contributed by atoms with Crippen LogP contribution >= 0.6 is 22.9 Å². The van der Waals surface area contributed by atoms with Gasteiger partial charge in [0.2, 0.25) is 5.91 Å². The largest absolute Gasteiger partial charge is 0.453 e. The van der Waals surface area contributed by atoms with Gasteiger partial charge in [-0.1, -0.05) is 18.5 Å². The number of carbonyl (C=O) groups is 3. The molecule has 0 aliphatic heterocycles. The van der Waals surface area contributed by atoms with Crippen LogP contribution in [0.25, 0.3) is 0 Å². The topological polar surface area (TPSA) is 72.5 Å². The second kappa shape index (κ2) is 7.89. The number of Topliss-reactive ketones (excluding diaryl/α,β-unsaturated/α-hetero) is 1. The average Bonchev–Trinajstić information content (AvgIpc) is 2.99. The van der Waals surface area contributed by atoms with E-state index in [1.165, 1.54) is 0 Å². The third-order valence-corrected chi connectivity index (χ3v) is 4.13. The lowest BCUT2D eigenvalue weighted by Gasteiger charge is -2.06. The minimum Gasteiger partial charge on any atom is -0.453 e. The van der Waals surface area contributed by atoms with E-state index in [0.717, 1.165) is 11.3 Å². The average molecular weight is 352 g/mol. The van der Waals surface area contributed by atoms with Gasteiger partial charge in [0, 0.05) is 17.7 Å². The maximum absolute atomic E-state index is 12.0. The van der Waals surface area contributed by atoms with E-state index >= 15 is 0 Å². The third-order valence-electron chi connectivity index (χ3n) is 2.92. The lowest BCUT2D eigenvalue weighted by atomic mass is 10.1. The molecule has 120 valence electrons. The molecule has 5 nitrogen and oxygen atoms in total. The molecule has 0 saturated carbocycles. The Balaban J connectivity index is 1.90. The van der Waals surface area contributed by atoms with Crippen molar-refractivity contribution in [2.24, 2.45) is 0 Å². The van der Waals surface area contributed by atoms with E-state index in [2.05, 4.69) is 5.32 Å². The zero-order valence-electron chi connectivity index (χ0n) is 12.3. The number of halogens is 1. The highest BCUT2D eigenvalue weighted by atomic mass is 35.5. The van der Waals surface area contributed by atoms with Crippen LogP contribution in [0.2, 0.25) is 4.34 Å². The van der Waals surface area contributed by atoms with E-state index in [1.54, 1.807) is 43.3 Å². The minimum atomic E-state index is -0.581. The molecule has 0 aliphatic carbocycles. The zero-order valence-corrected chi connectivity index (χ0v) is 13.9. The summed E-state index contributed by atoms with van der Waals surface area (Å²) in [6.45, 7) is 1.40. The highest BCUT2D eigenvalue weighted by Gasteiger charge is 2.13. The van der Waals surface area contributed by atoms with Gasteiger partial charge in [-0.15, -0.1) is 11.3 Å². The van der Waals surface area contributed by atoms with Gasteiger partial charge in [-0.05, 0) is 36.4 Å². The number of hydrogen-bond acceptors (Lipinski definition) is 5. The molecule has 1 aromatic heterocycles. The van der Waals surface area contributed by atoms with Gasteiger partial charge in [-0.25, -0.2) is 4.79 Å². The maximum Gasteiger partial charge on any atom is 0.348 e. The monoisotopic (exact) mass is 351 g/mol. The highest BCUT2D eigenvalue weighted by molar-refractivity contribution is 7.17. The molecule has 0 radical (unpaired) electrons. The van der Waals surface area contributed by atoms with E-state index in [-0.39, 0.29) is 18.3 Å². The molecule has 0 fully saturated rings. The fourth-order valence-corrected chi connectivity index (χ4v) is 2.64. The lowest BCUT2D eigenvalue weighted by Crippen LogP contribution is -2.14. The molecule has 2 rings (SSSR count). The van der Waals surface area contributed by atoms with Crippen LogP contribution in [0.3, 0.4) is 0 Å². The Labute approximate surface area is 142 Å². The highest BCUT2D eigenvalue weighted by Crippen LogP contribution is 2.22. The van der Waals surface area contributed by atoms with Crippen molar-refractivity contribution in [1.29, 1.82) is 0 Å². The van der Waals surface area contributed by atoms with Crippen LogP contribution in [-0.2, 0) is 9.53 Å². The van der Waals surface area contributed by atoms with E-state index in [4.69, 9.17) is 16.3 Å². The lowest BCUT2D eigenvalue weighted by molar-refractivity contribution is -0.115. The number of amides is 1. The van der Waals surface area contributed by atoms with Crippen molar-refractivity contribution >= 4 is 46.3 Å². The fraction of sp³-hybridized carbons (Fsp3) is 0.188. The summed E-state index contributed by atoms with van der Waals surface area (Å²) in [4.78, 5) is 35.3. The molecule has 23 heavy (non-hydrogen) atoms. The second-order valence-electron chi connectivity index (χ2n) is 4.58. The van der Waals surface area contributed by atoms with Crippen molar-refractivity contribution in [2.45, 2.75) is 13.3 Å². The fourth-order valence-electron chi connectivity index (χ4n) is 1.70. The van der Waals surface area contributed by atoms with Crippen molar-refractivity contribution in [3.05, 3.63) is 51.2 Å². The van der Waals surface area contributed by atoms with Gasteiger partial charge in [-0.3, -0.25) is 9.59 Å². The summed E-state index contributed by atoms with van der Waals surface area (Å²) in [5.74, 6) is -1.01. The molecule has 2 aromatic rings. The molecule has 0 spiro atoms. The first-order chi connectivity index (χ1) is 11.0. The van der Waals surface area contributed by atoms with Gasteiger partial charge >= 0.3 is 5.97 Å². The minimum absolute atomic E-state index is 0.104. The number of carbonyl (C=O) groups excluding carboxylic acids is 3. The number of thiophene rings is 1. The Kier molecular flexibility index (Phi) is 5.90. The molecule has 1 N–H and O–H groups in total. The first-order valence-electron chi connectivity index (χ1n) is 6.85. The van der Waals surface area contributed by atoms with Gasteiger partial charge in [0.05, 0.1) is 4.34 Å². The molecule has 0 atom stereocenters. The maximum atomic E-state index is 12.0. The molecule has 0 aliphatic rings.